The van der Waals surface area contributed by atoms with Crippen molar-refractivity contribution in [2.45, 2.75) is 6.92 Å². The van der Waals surface area contributed by atoms with Gasteiger partial charge in [-0.05, 0) is 24.6 Å². The van der Waals surface area contributed by atoms with Gasteiger partial charge in [0.1, 0.15) is 0 Å². The number of aromatic nitrogens is 2. The van der Waals surface area contributed by atoms with Crippen LogP contribution in [0.4, 0.5) is 0 Å². The third kappa shape index (κ3) is 1.74. The van der Waals surface area contributed by atoms with E-state index in [1.54, 1.807) is 12.1 Å². The first-order valence-corrected chi connectivity index (χ1v) is 4.60. The van der Waals surface area contributed by atoms with Gasteiger partial charge in [-0.15, -0.1) is 0 Å². The maximum atomic E-state index is 11.4. The normalized spacial score (nSPS) is 11.3. The van der Waals surface area contributed by atoms with Crippen molar-refractivity contribution >= 4 is 17.0 Å². The van der Waals surface area contributed by atoms with E-state index in [-0.39, 0.29) is 5.56 Å². The highest BCUT2D eigenvalue weighted by Gasteiger charge is 1.99. The summed E-state index contributed by atoms with van der Waals surface area (Å²) < 4.78 is 0. The van der Waals surface area contributed by atoms with Crippen LogP contribution in [0.25, 0.3) is 17.0 Å². The molecule has 0 unspecified atom stereocenters. The minimum absolute atomic E-state index is 0.360. The van der Waals surface area contributed by atoms with E-state index in [1.165, 1.54) is 0 Å². The molecule has 0 radical (unpaired) electrons. The van der Waals surface area contributed by atoms with Gasteiger partial charge in [-0.3, -0.25) is 9.78 Å². The van der Waals surface area contributed by atoms with Crippen molar-refractivity contribution in [3.8, 4) is 0 Å². The monoisotopic (exact) mass is 202 g/mol. The van der Waals surface area contributed by atoms with Gasteiger partial charge in [0.05, 0.1) is 10.9 Å². The first-order chi connectivity index (χ1) is 7.20. The molecule has 0 amide bonds. The fourth-order valence-corrected chi connectivity index (χ4v) is 1.48. The van der Waals surface area contributed by atoms with Gasteiger partial charge in [-0.1, -0.05) is 18.2 Å². The average Bonchev–Trinajstić information content (AvgIpc) is 2.17. The van der Waals surface area contributed by atoms with Gasteiger partial charge in [0.2, 0.25) is 0 Å². The average molecular weight is 202 g/mol. The molecule has 1 heterocycles. The van der Waals surface area contributed by atoms with Crippen molar-refractivity contribution in [1.29, 1.82) is 0 Å². The Labute approximate surface area is 85.3 Å². The van der Waals surface area contributed by atoms with Crippen molar-refractivity contribution in [2.75, 3.05) is 0 Å². The van der Waals surface area contributed by atoms with Crippen LogP contribution in [0, 0.1) is 0 Å². The van der Waals surface area contributed by atoms with Crippen LogP contribution in [0.1, 0.15) is 12.5 Å². The summed E-state index contributed by atoms with van der Waals surface area (Å²) in [7, 11) is 0. The third-order valence-corrected chi connectivity index (χ3v) is 2.12. The van der Waals surface area contributed by atoms with Gasteiger partial charge in [-0.25, -0.2) is 4.79 Å². The van der Waals surface area contributed by atoms with Crippen LogP contribution in [0.2, 0.25) is 0 Å². The van der Waals surface area contributed by atoms with Gasteiger partial charge in [0.25, 0.3) is 5.56 Å². The molecule has 15 heavy (non-hydrogen) atoms. The molecular formula is C11H10N2O2. The lowest BCUT2D eigenvalue weighted by atomic mass is 10.1. The second kappa shape index (κ2) is 3.57. The molecule has 4 nitrogen and oxygen atoms in total. The summed E-state index contributed by atoms with van der Waals surface area (Å²) in [6, 6.07) is 5.29. The molecule has 0 saturated heterocycles. The van der Waals surface area contributed by atoms with E-state index in [4.69, 9.17) is 0 Å². The Hall–Kier alpha value is -2.10. The van der Waals surface area contributed by atoms with E-state index in [0.717, 1.165) is 5.56 Å². The van der Waals surface area contributed by atoms with E-state index < -0.39 is 5.69 Å². The lowest BCUT2D eigenvalue weighted by molar-refractivity contribution is 1.08. The lowest BCUT2D eigenvalue weighted by Crippen LogP contribution is -2.21. The molecular weight excluding hydrogens is 192 g/mol. The quantitative estimate of drug-likeness (QED) is 0.730. The highest BCUT2D eigenvalue weighted by molar-refractivity contribution is 5.79. The van der Waals surface area contributed by atoms with E-state index in [9.17, 15) is 9.59 Å². The number of nitrogens with one attached hydrogen (secondary N) is 2. The number of benzene rings is 1. The van der Waals surface area contributed by atoms with Crippen molar-refractivity contribution in [2.24, 2.45) is 0 Å². The Morgan fingerprint density at radius 1 is 1.20 bits per heavy atom. The number of rotatable bonds is 1. The van der Waals surface area contributed by atoms with Crippen LogP contribution in [0.15, 0.2) is 33.9 Å². The van der Waals surface area contributed by atoms with Gasteiger partial charge in [-0.2, -0.15) is 0 Å². The van der Waals surface area contributed by atoms with E-state index >= 15 is 0 Å². The second-order valence-electron chi connectivity index (χ2n) is 3.21. The largest absolute Gasteiger partial charge is 0.326 e. The van der Waals surface area contributed by atoms with Crippen molar-refractivity contribution in [3.05, 3.63) is 50.7 Å². The zero-order chi connectivity index (χ0) is 10.8. The number of allylic oxidation sites excluding steroid dienone is 1. The molecule has 0 atom stereocenters. The number of aromatic amines is 2. The van der Waals surface area contributed by atoms with E-state index in [2.05, 4.69) is 9.97 Å². The van der Waals surface area contributed by atoms with Gasteiger partial charge in [0.15, 0.2) is 0 Å². The molecule has 2 aromatic rings. The molecule has 2 rings (SSSR count). The number of hydrogen-bond donors (Lipinski definition) is 2. The maximum Gasteiger partial charge on any atom is 0.326 e. The maximum absolute atomic E-state index is 11.4. The molecule has 1 aromatic carbocycles. The van der Waals surface area contributed by atoms with Gasteiger partial charge in [0, 0.05) is 0 Å². The molecule has 0 aliphatic rings. The Morgan fingerprint density at radius 3 is 2.73 bits per heavy atom. The van der Waals surface area contributed by atoms with E-state index in [1.807, 2.05) is 25.1 Å². The van der Waals surface area contributed by atoms with Crippen LogP contribution in [-0.4, -0.2) is 9.97 Å². The number of hydrogen-bond acceptors (Lipinski definition) is 2. The summed E-state index contributed by atoms with van der Waals surface area (Å²) >= 11 is 0. The third-order valence-electron chi connectivity index (χ3n) is 2.12. The predicted octanol–water partition coefficient (Wildman–Crippen LogP) is 1.25. The predicted molar refractivity (Wildman–Crippen MR) is 59.9 cm³/mol. The smallest absolute Gasteiger partial charge is 0.307 e. The van der Waals surface area contributed by atoms with Crippen LogP contribution in [0.5, 0.6) is 0 Å². The zero-order valence-corrected chi connectivity index (χ0v) is 8.20. The molecule has 4 heteroatoms. The Morgan fingerprint density at radius 2 is 2.00 bits per heavy atom. The highest BCUT2D eigenvalue weighted by atomic mass is 16.2. The molecule has 0 spiro atoms. The first-order valence-electron chi connectivity index (χ1n) is 4.60. The molecule has 0 aliphatic heterocycles. The van der Waals surface area contributed by atoms with Gasteiger partial charge >= 0.3 is 5.69 Å². The van der Waals surface area contributed by atoms with E-state index in [0.29, 0.717) is 10.9 Å². The SMILES string of the molecule is CC=Cc1ccc2c(=O)[nH]c(=O)[nH]c2c1. The van der Waals surface area contributed by atoms with Crippen LogP contribution < -0.4 is 11.2 Å². The summed E-state index contributed by atoms with van der Waals surface area (Å²) in [6.45, 7) is 1.91. The van der Waals surface area contributed by atoms with Crippen LogP contribution in [0.3, 0.4) is 0 Å². The molecule has 0 aliphatic carbocycles. The molecule has 0 fully saturated rings. The topological polar surface area (TPSA) is 65.7 Å². The Kier molecular flexibility index (Phi) is 2.25. The van der Waals surface area contributed by atoms with Gasteiger partial charge < -0.3 is 4.98 Å². The summed E-state index contributed by atoms with van der Waals surface area (Å²) in [4.78, 5) is 27.2. The molecule has 1 aromatic heterocycles. The Balaban J connectivity index is 2.82. The standard InChI is InChI=1S/C11H10N2O2/c1-2-3-7-4-5-8-9(6-7)12-11(15)13-10(8)14/h2-6H,1H3,(H2,12,13,14,15). The number of H-pyrrole nitrogens is 2. The number of fused-ring (bicyclic) bond motifs is 1. The zero-order valence-electron chi connectivity index (χ0n) is 8.20. The minimum atomic E-state index is -0.481. The summed E-state index contributed by atoms with van der Waals surface area (Å²) in [5.74, 6) is 0. The second-order valence-corrected chi connectivity index (χ2v) is 3.21. The fraction of sp³-hybridized carbons (Fsp3) is 0.0909. The molecule has 2 N–H and O–H groups in total. The Bertz CT molecular complexity index is 635. The summed E-state index contributed by atoms with van der Waals surface area (Å²) in [5.41, 5.74) is 0.663. The van der Waals surface area contributed by atoms with Crippen molar-refractivity contribution in [1.82, 2.24) is 9.97 Å². The van der Waals surface area contributed by atoms with Crippen molar-refractivity contribution in [3.63, 3.8) is 0 Å². The summed E-state index contributed by atoms with van der Waals surface area (Å²) in [5, 5.41) is 0.489. The fourth-order valence-electron chi connectivity index (χ4n) is 1.48. The molecule has 0 bridgehead atoms. The van der Waals surface area contributed by atoms with Crippen LogP contribution in [-0.2, 0) is 0 Å². The molecule has 76 valence electrons. The highest BCUT2D eigenvalue weighted by Crippen LogP contribution is 2.09. The summed E-state index contributed by atoms with van der Waals surface area (Å²) in [6.07, 6.45) is 3.80. The van der Waals surface area contributed by atoms with Crippen molar-refractivity contribution < 1.29 is 0 Å². The minimum Gasteiger partial charge on any atom is -0.307 e. The van der Waals surface area contributed by atoms with Crippen LogP contribution >= 0.6 is 0 Å². The molecule has 0 saturated carbocycles. The first kappa shape index (κ1) is 9.45. The lowest BCUT2D eigenvalue weighted by Gasteiger charge is -1.97.